The molecule has 25 heavy (non-hydrogen) atoms. The minimum atomic E-state index is -0.373. The van der Waals surface area contributed by atoms with Crippen molar-refractivity contribution in [2.75, 3.05) is 7.05 Å². The Morgan fingerprint density at radius 3 is 2.28 bits per heavy atom. The number of nitriles is 1. The molecular weight excluding hydrogens is 310 g/mol. The van der Waals surface area contributed by atoms with Crippen LogP contribution in [0.25, 0.3) is 11.8 Å². The lowest BCUT2D eigenvalue weighted by atomic mass is 9.87. The van der Waals surface area contributed by atoms with Gasteiger partial charge in [0.1, 0.15) is 11.6 Å². The lowest BCUT2D eigenvalue weighted by molar-refractivity contribution is -0.116. The van der Waals surface area contributed by atoms with E-state index in [-0.39, 0.29) is 16.9 Å². The molecular formula is C21H25N3O. The molecule has 0 unspecified atom stereocenters. The topological polar surface area (TPSA) is 57.8 Å². The van der Waals surface area contributed by atoms with Gasteiger partial charge in [-0.1, -0.05) is 32.9 Å². The number of hydrogen-bond acceptors (Lipinski definition) is 2. The Balaban J connectivity index is 2.49. The number of rotatable bonds is 3. The van der Waals surface area contributed by atoms with Crippen molar-refractivity contribution in [2.45, 2.75) is 40.0 Å². The first-order chi connectivity index (χ1) is 11.7. The lowest BCUT2D eigenvalue weighted by Gasteiger charge is -2.20. The van der Waals surface area contributed by atoms with Crippen LogP contribution in [0, 0.1) is 25.2 Å². The Bertz CT molecular complexity index is 856. The fraction of sp³-hybridized carbons (Fsp3) is 0.333. The van der Waals surface area contributed by atoms with Crippen molar-refractivity contribution in [2.24, 2.45) is 0 Å². The van der Waals surface area contributed by atoms with E-state index in [1.165, 1.54) is 12.6 Å². The predicted octanol–water partition coefficient (Wildman–Crippen LogP) is 4.04. The molecule has 0 aliphatic rings. The number of nitrogens with zero attached hydrogens (tertiary/aromatic N) is 2. The summed E-state index contributed by atoms with van der Waals surface area (Å²) in [6.07, 6.45) is 1.64. The Morgan fingerprint density at radius 1 is 1.20 bits per heavy atom. The van der Waals surface area contributed by atoms with Gasteiger partial charge in [0, 0.05) is 24.1 Å². The Morgan fingerprint density at radius 2 is 1.80 bits per heavy atom. The van der Waals surface area contributed by atoms with E-state index < -0.39 is 0 Å². The van der Waals surface area contributed by atoms with Gasteiger partial charge in [-0.15, -0.1) is 0 Å². The van der Waals surface area contributed by atoms with Crippen molar-refractivity contribution in [1.82, 2.24) is 9.88 Å². The molecule has 2 aromatic rings. The average Bonchev–Trinajstić information content (AvgIpc) is 2.85. The van der Waals surface area contributed by atoms with Crippen LogP contribution in [0.2, 0.25) is 0 Å². The molecule has 1 heterocycles. The maximum absolute atomic E-state index is 11.7. The van der Waals surface area contributed by atoms with Gasteiger partial charge in [-0.3, -0.25) is 4.79 Å². The summed E-state index contributed by atoms with van der Waals surface area (Å²) < 4.78 is 2.14. The zero-order chi connectivity index (χ0) is 18.8. The van der Waals surface area contributed by atoms with Crippen LogP contribution in [-0.2, 0) is 10.2 Å². The minimum Gasteiger partial charge on any atom is -0.354 e. The van der Waals surface area contributed by atoms with Gasteiger partial charge in [0.2, 0.25) is 0 Å². The lowest BCUT2D eigenvalue weighted by Crippen LogP contribution is -2.19. The molecule has 4 heteroatoms. The smallest absolute Gasteiger partial charge is 0.261 e. The van der Waals surface area contributed by atoms with Crippen molar-refractivity contribution in [1.29, 1.82) is 5.26 Å². The van der Waals surface area contributed by atoms with Crippen LogP contribution in [0.4, 0.5) is 0 Å². The Labute approximate surface area is 149 Å². The largest absolute Gasteiger partial charge is 0.354 e. The molecule has 0 bridgehead atoms. The molecule has 0 spiro atoms. The van der Waals surface area contributed by atoms with Crippen LogP contribution in [0.15, 0.2) is 35.9 Å². The molecule has 2 rings (SSSR count). The fourth-order valence-electron chi connectivity index (χ4n) is 2.88. The van der Waals surface area contributed by atoms with E-state index in [9.17, 15) is 10.1 Å². The van der Waals surface area contributed by atoms with E-state index in [2.05, 4.69) is 54.9 Å². The molecule has 0 saturated carbocycles. The van der Waals surface area contributed by atoms with Crippen LogP contribution in [0.3, 0.4) is 0 Å². The SMILES string of the molecule is CNC(=O)C(C#N)=Cc1cc(C)n(-c2ccc(C(C)(C)C)cc2)c1C. The minimum absolute atomic E-state index is 0.103. The summed E-state index contributed by atoms with van der Waals surface area (Å²) in [4.78, 5) is 11.7. The first kappa shape index (κ1) is 18.5. The van der Waals surface area contributed by atoms with E-state index in [1.54, 1.807) is 6.08 Å². The Kier molecular flexibility index (Phi) is 5.18. The predicted molar refractivity (Wildman–Crippen MR) is 102 cm³/mol. The summed E-state index contributed by atoms with van der Waals surface area (Å²) in [5.41, 5.74) is 5.50. The highest BCUT2D eigenvalue weighted by atomic mass is 16.1. The molecule has 0 atom stereocenters. The molecule has 0 saturated heterocycles. The second kappa shape index (κ2) is 6.98. The van der Waals surface area contributed by atoms with Gasteiger partial charge < -0.3 is 9.88 Å². The summed E-state index contributed by atoms with van der Waals surface area (Å²) in [5, 5.41) is 11.7. The summed E-state index contributed by atoms with van der Waals surface area (Å²) >= 11 is 0. The quantitative estimate of drug-likeness (QED) is 0.680. The highest BCUT2D eigenvalue weighted by Crippen LogP contribution is 2.26. The first-order valence-electron chi connectivity index (χ1n) is 8.32. The summed E-state index contributed by atoms with van der Waals surface area (Å²) in [5.74, 6) is -0.373. The zero-order valence-electron chi connectivity index (χ0n) is 15.8. The number of amides is 1. The normalized spacial score (nSPS) is 12.0. The molecule has 0 fully saturated rings. The van der Waals surface area contributed by atoms with E-state index >= 15 is 0 Å². The molecule has 1 amide bonds. The first-order valence-corrected chi connectivity index (χ1v) is 8.32. The number of carbonyl (C=O) groups is 1. The van der Waals surface area contributed by atoms with Crippen molar-refractivity contribution >= 4 is 12.0 Å². The number of nitrogens with one attached hydrogen (secondary N) is 1. The number of likely N-dealkylation sites (N-methyl/N-ethyl adjacent to an activating group) is 1. The fourth-order valence-corrected chi connectivity index (χ4v) is 2.88. The van der Waals surface area contributed by atoms with Crippen LogP contribution in [0.1, 0.15) is 43.3 Å². The highest BCUT2D eigenvalue weighted by Gasteiger charge is 2.15. The van der Waals surface area contributed by atoms with Gasteiger partial charge in [0.25, 0.3) is 5.91 Å². The number of aromatic nitrogens is 1. The summed E-state index contributed by atoms with van der Waals surface area (Å²) in [6, 6.07) is 12.5. The van der Waals surface area contributed by atoms with E-state index in [0.29, 0.717) is 0 Å². The average molecular weight is 335 g/mol. The maximum atomic E-state index is 11.7. The summed E-state index contributed by atoms with van der Waals surface area (Å²) in [7, 11) is 1.52. The van der Waals surface area contributed by atoms with Gasteiger partial charge in [0.15, 0.2) is 0 Å². The maximum Gasteiger partial charge on any atom is 0.261 e. The van der Waals surface area contributed by atoms with Crippen molar-refractivity contribution < 1.29 is 4.79 Å². The van der Waals surface area contributed by atoms with Crippen molar-refractivity contribution in [3.05, 3.63) is 58.4 Å². The summed E-state index contributed by atoms with van der Waals surface area (Å²) in [6.45, 7) is 10.6. The molecule has 0 aliphatic heterocycles. The molecule has 0 aliphatic carbocycles. The van der Waals surface area contributed by atoms with Crippen LogP contribution in [0.5, 0.6) is 0 Å². The third-order valence-corrected chi connectivity index (χ3v) is 4.35. The van der Waals surface area contributed by atoms with Crippen LogP contribution < -0.4 is 5.32 Å². The Hall–Kier alpha value is -2.80. The number of carbonyl (C=O) groups excluding carboxylic acids is 1. The second-order valence-corrected chi connectivity index (χ2v) is 7.21. The van der Waals surface area contributed by atoms with Crippen molar-refractivity contribution in [3.63, 3.8) is 0 Å². The van der Waals surface area contributed by atoms with E-state index in [4.69, 9.17) is 0 Å². The van der Waals surface area contributed by atoms with Crippen LogP contribution in [-0.4, -0.2) is 17.5 Å². The third-order valence-electron chi connectivity index (χ3n) is 4.35. The van der Waals surface area contributed by atoms with Gasteiger partial charge in [-0.25, -0.2) is 0 Å². The van der Waals surface area contributed by atoms with Gasteiger partial charge in [-0.2, -0.15) is 5.26 Å². The number of hydrogen-bond donors (Lipinski definition) is 1. The third kappa shape index (κ3) is 3.83. The zero-order valence-corrected chi connectivity index (χ0v) is 15.8. The number of benzene rings is 1. The van der Waals surface area contributed by atoms with Crippen molar-refractivity contribution in [3.8, 4) is 11.8 Å². The van der Waals surface area contributed by atoms with Gasteiger partial charge in [-0.05, 0) is 54.7 Å². The molecule has 4 nitrogen and oxygen atoms in total. The van der Waals surface area contributed by atoms with E-state index in [1.807, 2.05) is 26.0 Å². The molecule has 1 N–H and O–H groups in total. The molecule has 130 valence electrons. The molecule has 1 aromatic carbocycles. The molecule has 1 aromatic heterocycles. The van der Waals surface area contributed by atoms with E-state index in [0.717, 1.165) is 22.6 Å². The number of aryl methyl sites for hydroxylation is 1. The van der Waals surface area contributed by atoms with Gasteiger partial charge in [0.05, 0.1) is 0 Å². The van der Waals surface area contributed by atoms with Crippen LogP contribution >= 0.6 is 0 Å². The monoisotopic (exact) mass is 335 g/mol. The van der Waals surface area contributed by atoms with Gasteiger partial charge >= 0.3 is 0 Å². The molecule has 0 radical (unpaired) electrons. The second-order valence-electron chi connectivity index (χ2n) is 7.21. The standard InChI is InChI=1S/C21H25N3O/c1-14-11-16(12-17(13-22)20(25)23-6)15(2)24(14)19-9-7-18(8-10-19)21(3,4)5/h7-12H,1-6H3,(H,23,25). The highest BCUT2D eigenvalue weighted by molar-refractivity contribution is 6.01.